The number of ether oxygens (including phenoxy) is 1. The van der Waals surface area contributed by atoms with E-state index in [1.54, 1.807) is 18.2 Å². The normalized spacial score (nSPS) is 12.3. The van der Waals surface area contributed by atoms with Gasteiger partial charge in [0.2, 0.25) is 0 Å². The number of halogens is 3. The van der Waals surface area contributed by atoms with Crippen LogP contribution in [0.1, 0.15) is 17.2 Å². The summed E-state index contributed by atoms with van der Waals surface area (Å²) in [5.41, 5.74) is 0.290. The van der Waals surface area contributed by atoms with Gasteiger partial charge in [-0.25, -0.2) is 8.78 Å². The van der Waals surface area contributed by atoms with Gasteiger partial charge >= 0.3 is 0 Å². The Labute approximate surface area is 117 Å². The number of hydrogen-bond donors (Lipinski definition) is 1. The van der Waals surface area contributed by atoms with Gasteiger partial charge in [-0.2, -0.15) is 0 Å². The van der Waals surface area contributed by atoms with Gasteiger partial charge in [-0.15, -0.1) is 0 Å². The molecule has 1 N–H and O–H groups in total. The zero-order chi connectivity index (χ0) is 14.0. The second kappa shape index (κ2) is 5.67. The van der Waals surface area contributed by atoms with E-state index in [1.165, 1.54) is 7.11 Å². The summed E-state index contributed by atoms with van der Waals surface area (Å²) < 4.78 is 32.4. The summed E-state index contributed by atoms with van der Waals surface area (Å²) in [6.07, 6.45) is -1.28. The molecule has 100 valence electrons. The molecule has 2 aromatic rings. The van der Waals surface area contributed by atoms with E-state index in [0.29, 0.717) is 15.8 Å². The molecule has 0 saturated carbocycles. The molecular weight excluding hydrogens is 318 g/mol. The van der Waals surface area contributed by atoms with E-state index in [4.69, 9.17) is 4.74 Å². The predicted molar refractivity (Wildman–Crippen MR) is 71.1 cm³/mol. The summed E-state index contributed by atoms with van der Waals surface area (Å²) in [5.74, 6) is -0.743. The minimum atomic E-state index is -1.28. The van der Waals surface area contributed by atoms with Crippen LogP contribution in [0.5, 0.6) is 5.75 Å². The van der Waals surface area contributed by atoms with Gasteiger partial charge < -0.3 is 9.84 Å². The van der Waals surface area contributed by atoms with Crippen LogP contribution in [0, 0.1) is 11.6 Å². The highest BCUT2D eigenvalue weighted by molar-refractivity contribution is 9.10. The lowest BCUT2D eigenvalue weighted by Crippen LogP contribution is -2.04. The van der Waals surface area contributed by atoms with Crippen molar-refractivity contribution in [3.8, 4) is 5.75 Å². The molecule has 0 aliphatic carbocycles. The summed E-state index contributed by atoms with van der Waals surface area (Å²) in [6, 6.07) is 7.91. The Bertz CT molecular complexity index is 602. The van der Waals surface area contributed by atoms with Gasteiger partial charge in [0.15, 0.2) is 0 Å². The Balaban J connectivity index is 2.48. The molecule has 0 aliphatic heterocycles. The fourth-order valence-electron chi connectivity index (χ4n) is 1.75. The summed E-state index contributed by atoms with van der Waals surface area (Å²) in [6.45, 7) is 0. The molecule has 2 aromatic carbocycles. The molecule has 0 bridgehead atoms. The summed E-state index contributed by atoms with van der Waals surface area (Å²) in [7, 11) is 1.49. The second-order valence-electron chi connectivity index (χ2n) is 3.96. The maximum absolute atomic E-state index is 13.6. The standard InChI is InChI=1S/C14H11BrF2O2/c1-19-9-3-4-12(15)10(7-9)14(18)11-6-8(16)2-5-13(11)17/h2-7,14,18H,1H3. The van der Waals surface area contributed by atoms with Crippen molar-refractivity contribution in [1.82, 2.24) is 0 Å². The fraction of sp³-hybridized carbons (Fsp3) is 0.143. The van der Waals surface area contributed by atoms with Gasteiger partial charge in [0, 0.05) is 15.6 Å². The Morgan fingerprint density at radius 1 is 1.11 bits per heavy atom. The zero-order valence-corrected chi connectivity index (χ0v) is 11.6. The third-order valence-electron chi connectivity index (χ3n) is 2.75. The number of benzene rings is 2. The van der Waals surface area contributed by atoms with E-state index in [0.717, 1.165) is 18.2 Å². The minimum Gasteiger partial charge on any atom is -0.497 e. The van der Waals surface area contributed by atoms with Crippen molar-refractivity contribution in [1.29, 1.82) is 0 Å². The Morgan fingerprint density at radius 2 is 1.84 bits per heavy atom. The first-order chi connectivity index (χ1) is 9.02. The smallest absolute Gasteiger partial charge is 0.129 e. The number of hydrogen-bond acceptors (Lipinski definition) is 2. The Morgan fingerprint density at radius 3 is 2.53 bits per heavy atom. The van der Waals surface area contributed by atoms with E-state index in [2.05, 4.69) is 15.9 Å². The highest BCUT2D eigenvalue weighted by Gasteiger charge is 2.19. The molecule has 0 aliphatic rings. The van der Waals surface area contributed by atoms with Gasteiger partial charge in [-0.3, -0.25) is 0 Å². The first kappa shape index (κ1) is 14.0. The van der Waals surface area contributed by atoms with Crippen molar-refractivity contribution in [3.05, 3.63) is 63.6 Å². The van der Waals surface area contributed by atoms with Gasteiger partial charge in [0.1, 0.15) is 23.5 Å². The van der Waals surface area contributed by atoms with E-state index < -0.39 is 17.7 Å². The maximum Gasteiger partial charge on any atom is 0.129 e. The van der Waals surface area contributed by atoms with Crippen LogP contribution in [0.15, 0.2) is 40.9 Å². The van der Waals surface area contributed by atoms with Gasteiger partial charge in [-0.05, 0) is 36.4 Å². The number of rotatable bonds is 3. The average molecular weight is 329 g/mol. The predicted octanol–water partition coefficient (Wildman–Crippen LogP) is 3.82. The quantitative estimate of drug-likeness (QED) is 0.928. The van der Waals surface area contributed by atoms with Crippen LogP contribution in [-0.2, 0) is 0 Å². The van der Waals surface area contributed by atoms with Crippen LogP contribution < -0.4 is 4.74 Å². The summed E-state index contributed by atoms with van der Waals surface area (Å²) >= 11 is 3.27. The number of methoxy groups -OCH3 is 1. The molecule has 0 fully saturated rings. The van der Waals surface area contributed by atoms with E-state index in [9.17, 15) is 13.9 Å². The van der Waals surface area contributed by atoms with Crippen molar-refractivity contribution in [2.24, 2.45) is 0 Å². The number of aliphatic hydroxyl groups excluding tert-OH is 1. The number of aliphatic hydroxyl groups is 1. The SMILES string of the molecule is COc1ccc(Br)c(C(O)c2cc(F)ccc2F)c1. The zero-order valence-electron chi connectivity index (χ0n) is 10.0. The summed E-state index contributed by atoms with van der Waals surface area (Å²) in [5, 5.41) is 10.2. The van der Waals surface area contributed by atoms with E-state index >= 15 is 0 Å². The van der Waals surface area contributed by atoms with E-state index in [-0.39, 0.29) is 5.56 Å². The van der Waals surface area contributed by atoms with Crippen LogP contribution in [0.2, 0.25) is 0 Å². The molecule has 1 unspecified atom stereocenters. The largest absolute Gasteiger partial charge is 0.497 e. The lowest BCUT2D eigenvalue weighted by molar-refractivity contribution is 0.213. The average Bonchev–Trinajstić information content (AvgIpc) is 2.41. The summed E-state index contributed by atoms with van der Waals surface area (Å²) in [4.78, 5) is 0. The first-order valence-electron chi connectivity index (χ1n) is 5.49. The molecule has 0 heterocycles. The molecule has 2 rings (SSSR count). The van der Waals surface area contributed by atoms with Crippen molar-refractivity contribution in [2.75, 3.05) is 7.11 Å². The molecule has 0 radical (unpaired) electrons. The van der Waals surface area contributed by atoms with Crippen LogP contribution in [0.25, 0.3) is 0 Å². The van der Waals surface area contributed by atoms with Crippen LogP contribution in [0.4, 0.5) is 8.78 Å². The first-order valence-corrected chi connectivity index (χ1v) is 6.28. The Hall–Kier alpha value is -1.46. The molecule has 19 heavy (non-hydrogen) atoms. The molecule has 0 saturated heterocycles. The monoisotopic (exact) mass is 328 g/mol. The highest BCUT2D eigenvalue weighted by atomic mass is 79.9. The second-order valence-corrected chi connectivity index (χ2v) is 4.81. The van der Waals surface area contributed by atoms with Crippen LogP contribution >= 0.6 is 15.9 Å². The van der Waals surface area contributed by atoms with Crippen LogP contribution in [-0.4, -0.2) is 12.2 Å². The molecule has 2 nitrogen and oxygen atoms in total. The van der Waals surface area contributed by atoms with Crippen molar-refractivity contribution >= 4 is 15.9 Å². The minimum absolute atomic E-state index is 0.117. The molecule has 0 amide bonds. The molecule has 0 aromatic heterocycles. The van der Waals surface area contributed by atoms with Crippen LogP contribution in [0.3, 0.4) is 0 Å². The molecular formula is C14H11BrF2O2. The highest BCUT2D eigenvalue weighted by Crippen LogP contribution is 2.32. The van der Waals surface area contributed by atoms with Crippen molar-refractivity contribution in [2.45, 2.75) is 6.10 Å². The lowest BCUT2D eigenvalue weighted by atomic mass is 10.0. The molecule has 0 spiro atoms. The maximum atomic E-state index is 13.6. The third-order valence-corrected chi connectivity index (χ3v) is 3.47. The van der Waals surface area contributed by atoms with Gasteiger partial charge in [0.25, 0.3) is 0 Å². The third kappa shape index (κ3) is 2.93. The fourth-order valence-corrected chi connectivity index (χ4v) is 2.21. The van der Waals surface area contributed by atoms with Crippen molar-refractivity contribution in [3.63, 3.8) is 0 Å². The Kier molecular flexibility index (Phi) is 4.17. The van der Waals surface area contributed by atoms with Gasteiger partial charge in [0.05, 0.1) is 7.11 Å². The molecule has 1 atom stereocenters. The van der Waals surface area contributed by atoms with Gasteiger partial charge in [-0.1, -0.05) is 15.9 Å². The van der Waals surface area contributed by atoms with E-state index in [1.807, 2.05) is 0 Å². The lowest BCUT2D eigenvalue weighted by Gasteiger charge is -2.15. The topological polar surface area (TPSA) is 29.5 Å². The molecule has 5 heteroatoms. The van der Waals surface area contributed by atoms with Crippen molar-refractivity contribution < 1.29 is 18.6 Å².